The van der Waals surface area contributed by atoms with E-state index in [0.29, 0.717) is 13.0 Å². The predicted octanol–water partition coefficient (Wildman–Crippen LogP) is 1.55. The van der Waals surface area contributed by atoms with Gasteiger partial charge in [-0.3, -0.25) is 4.79 Å². The molecule has 0 fully saturated rings. The molecule has 0 spiro atoms. The van der Waals surface area contributed by atoms with Gasteiger partial charge in [-0.1, -0.05) is 6.92 Å². The van der Waals surface area contributed by atoms with Crippen molar-refractivity contribution >= 4 is 17.3 Å². The normalized spacial score (nSPS) is 12.7. The molecule has 0 aliphatic carbocycles. The third-order valence-corrected chi connectivity index (χ3v) is 2.68. The van der Waals surface area contributed by atoms with E-state index in [9.17, 15) is 4.79 Å². The maximum atomic E-state index is 10.6. The van der Waals surface area contributed by atoms with E-state index in [4.69, 9.17) is 9.84 Å². The molecule has 78 valence electrons. The summed E-state index contributed by atoms with van der Waals surface area (Å²) in [6, 6.07) is 0. The second kappa shape index (κ2) is 5.07. The van der Waals surface area contributed by atoms with E-state index in [-0.39, 0.29) is 5.92 Å². The Morgan fingerprint density at radius 1 is 1.79 bits per heavy atom. The van der Waals surface area contributed by atoms with E-state index in [1.165, 1.54) is 11.3 Å². The van der Waals surface area contributed by atoms with Crippen molar-refractivity contribution in [2.45, 2.75) is 20.0 Å². The number of aliphatic carboxylic acids is 1. The van der Waals surface area contributed by atoms with Gasteiger partial charge in [0.25, 0.3) is 0 Å². The molecule has 0 amide bonds. The summed E-state index contributed by atoms with van der Waals surface area (Å²) < 4.78 is 4.93. The summed E-state index contributed by atoms with van der Waals surface area (Å²) in [5.74, 6) is -1.17. The summed E-state index contributed by atoms with van der Waals surface area (Å²) in [7, 11) is 1.61. The Morgan fingerprint density at radius 2 is 2.50 bits per heavy atom. The average molecular weight is 215 g/mol. The van der Waals surface area contributed by atoms with E-state index in [2.05, 4.69) is 4.98 Å². The predicted molar refractivity (Wildman–Crippen MR) is 53.3 cm³/mol. The first-order chi connectivity index (χ1) is 6.63. The topological polar surface area (TPSA) is 59.4 Å². The van der Waals surface area contributed by atoms with Gasteiger partial charge in [0.15, 0.2) is 0 Å². The molecule has 0 saturated heterocycles. The van der Waals surface area contributed by atoms with Crippen LogP contribution in [0.25, 0.3) is 0 Å². The van der Waals surface area contributed by atoms with Gasteiger partial charge < -0.3 is 9.84 Å². The monoisotopic (exact) mass is 215 g/mol. The summed E-state index contributed by atoms with van der Waals surface area (Å²) in [6.07, 6.45) is 0.482. The van der Waals surface area contributed by atoms with Gasteiger partial charge >= 0.3 is 5.97 Å². The minimum absolute atomic E-state index is 0.382. The molecular weight excluding hydrogens is 202 g/mol. The lowest BCUT2D eigenvalue weighted by molar-refractivity contribution is -0.141. The number of thiazole rings is 1. The zero-order valence-corrected chi connectivity index (χ0v) is 9.00. The molecule has 0 radical (unpaired) electrons. The minimum Gasteiger partial charge on any atom is -0.481 e. The molecule has 0 aliphatic rings. The molecule has 0 saturated carbocycles. The second-order valence-electron chi connectivity index (χ2n) is 3.11. The average Bonchev–Trinajstić information content (AvgIpc) is 2.53. The van der Waals surface area contributed by atoms with Gasteiger partial charge in [-0.25, -0.2) is 4.98 Å². The van der Waals surface area contributed by atoms with Gasteiger partial charge in [0.2, 0.25) is 0 Å². The summed E-state index contributed by atoms with van der Waals surface area (Å²) in [5, 5.41) is 11.5. The number of hydrogen-bond donors (Lipinski definition) is 1. The molecule has 1 aromatic heterocycles. The number of ether oxygens (including phenoxy) is 1. The van der Waals surface area contributed by atoms with Crippen molar-refractivity contribution in [2.75, 3.05) is 7.11 Å². The quantitative estimate of drug-likeness (QED) is 0.809. The molecule has 0 aliphatic heterocycles. The van der Waals surface area contributed by atoms with Crippen LogP contribution in [0.4, 0.5) is 0 Å². The van der Waals surface area contributed by atoms with Crippen molar-refractivity contribution in [1.29, 1.82) is 0 Å². The summed E-state index contributed by atoms with van der Waals surface area (Å²) in [6.45, 7) is 2.17. The van der Waals surface area contributed by atoms with Crippen LogP contribution in [0.2, 0.25) is 0 Å². The lowest BCUT2D eigenvalue weighted by atomic mass is 10.1. The fourth-order valence-electron chi connectivity index (χ4n) is 1.03. The maximum Gasteiger partial charge on any atom is 0.306 e. The number of aromatic nitrogens is 1. The highest BCUT2D eigenvalue weighted by molar-refractivity contribution is 7.09. The fourth-order valence-corrected chi connectivity index (χ4v) is 1.81. The van der Waals surface area contributed by atoms with E-state index in [1.54, 1.807) is 14.0 Å². The lowest BCUT2D eigenvalue weighted by Gasteiger charge is -2.01. The largest absolute Gasteiger partial charge is 0.481 e. The number of rotatable bonds is 5. The smallest absolute Gasteiger partial charge is 0.306 e. The van der Waals surface area contributed by atoms with Gasteiger partial charge in [-0.15, -0.1) is 11.3 Å². The van der Waals surface area contributed by atoms with Crippen LogP contribution in [-0.4, -0.2) is 23.2 Å². The van der Waals surface area contributed by atoms with Crippen molar-refractivity contribution in [3.63, 3.8) is 0 Å². The Morgan fingerprint density at radius 3 is 3.07 bits per heavy atom. The van der Waals surface area contributed by atoms with Crippen LogP contribution in [0.1, 0.15) is 17.6 Å². The number of hydrogen-bond acceptors (Lipinski definition) is 4. The minimum atomic E-state index is -0.786. The van der Waals surface area contributed by atoms with Crippen molar-refractivity contribution in [3.8, 4) is 0 Å². The molecule has 1 aromatic rings. The first-order valence-electron chi connectivity index (χ1n) is 4.28. The summed E-state index contributed by atoms with van der Waals surface area (Å²) in [5.41, 5.74) is 0.831. The van der Waals surface area contributed by atoms with E-state index in [1.807, 2.05) is 5.38 Å². The summed E-state index contributed by atoms with van der Waals surface area (Å²) >= 11 is 1.50. The molecule has 1 atom stereocenters. The lowest BCUT2D eigenvalue weighted by Crippen LogP contribution is -2.12. The molecule has 0 bridgehead atoms. The SMILES string of the molecule is COCc1nc(CC(C)C(=O)O)cs1. The van der Waals surface area contributed by atoms with Gasteiger partial charge in [-0.05, 0) is 0 Å². The zero-order valence-electron chi connectivity index (χ0n) is 8.19. The van der Waals surface area contributed by atoms with Crippen molar-refractivity contribution in [3.05, 3.63) is 16.1 Å². The number of carbonyl (C=O) groups is 1. The molecule has 5 heteroatoms. The van der Waals surface area contributed by atoms with Crippen molar-refractivity contribution in [2.24, 2.45) is 5.92 Å². The van der Waals surface area contributed by atoms with Gasteiger partial charge in [0.1, 0.15) is 5.01 Å². The second-order valence-corrected chi connectivity index (χ2v) is 4.05. The molecule has 4 nitrogen and oxygen atoms in total. The number of carboxylic acids is 1. The van der Waals surface area contributed by atoms with Crippen LogP contribution in [0, 0.1) is 5.92 Å². The highest BCUT2D eigenvalue weighted by Gasteiger charge is 2.13. The third-order valence-electron chi connectivity index (χ3n) is 1.80. The van der Waals surface area contributed by atoms with E-state index < -0.39 is 5.97 Å². The Balaban J connectivity index is 2.55. The Labute approximate surface area is 86.6 Å². The third kappa shape index (κ3) is 3.08. The van der Waals surface area contributed by atoms with Gasteiger partial charge in [0.05, 0.1) is 18.2 Å². The number of nitrogens with zero attached hydrogens (tertiary/aromatic N) is 1. The Kier molecular flexibility index (Phi) is 4.03. The highest BCUT2D eigenvalue weighted by atomic mass is 32.1. The molecule has 14 heavy (non-hydrogen) atoms. The van der Waals surface area contributed by atoms with Crippen LogP contribution in [0.3, 0.4) is 0 Å². The molecule has 1 N–H and O–H groups in total. The zero-order chi connectivity index (χ0) is 10.6. The number of carboxylic acid groups (broad SMARTS) is 1. The van der Waals surface area contributed by atoms with Crippen LogP contribution in [0.15, 0.2) is 5.38 Å². The fraction of sp³-hybridized carbons (Fsp3) is 0.556. The molecular formula is C9H13NO3S. The van der Waals surface area contributed by atoms with Crippen LogP contribution >= 0.6 is 11.3 Å². The first-order valence-corrected chi connectivity index (χ1v) is 5.16. The maximum absolute atomic E-state index is 10.6. The number of methoxy groups -OCH3 is 1. The van der Waals surface area contributed by atoms with Crippen LogP contribution in [0.5, 0.6) is 0 Å². The molecule has 0 aromatic carbocycles. The van der Waals surface area contributed by atoms with Crippen LogP contribution in [-0.2, 0) is 22.6 Å². The van der Waals surface area contributed by atoms with Gasteiger partial charge in [0, 0.05) is 18.9 Å². The van der Waals surface area contributed by atoms with E-state index in [0.717, 1.165) is 10.7 Å². The Hall–Kier alpha value is -0.940. The van der Waals surface area contributed by atoms with Crippen molar-refractivity contribution < 1.29 is 14.6 Å². The molecule has 1 unspecified atom stereocenters. The summed E-state index contributed by atoms with van der Waals surface area (Å²) in [4.78, 5) is 14.8. The van der Waals surface area contributed by atoms with E-state index >= 15 is 0 Å². The first kappa shape index (κ1) is 11.1. The van der Waals surface area contributed by atoms with Gasteiger partial charge in [-0.2, -0.15) is 0 Å². The van der Waals surface area contributed by atoms with Crippen molar-refractivity contribution in [1.82, 2.24) is 4.98 Å². The highest BCUT2D eigenvalue weighted by Crippen LogP contribution is 2.14. The van der Waals surface area contributed by atoms with Crippen LogP contribution < -0.4 is 0 Å². The Bertz CT molecular complexity index is 311. The molecule has 1 heterocycles. The molecule has 1 rings (SSSR count). The standard InChI is InChI=1S/C9H13NO3S/c1-6(9(11)12)3-7-5-14-8(10-7)4-13-2/h5-6H,3-4H2,1-2H3,(H,11,12).